The topological polar surface area (TPSA) is 95.9 Å². The van der Waals surface area contributed by atoms with Crippen LogP contribution in [-0.4, -0.2) is 47.3 Å². The van der Waals surface area contributed by atoms with Gasteiger partial charge in [-0.05, 0) is 57.9 Å². The maximum absolute atomic E-state index is 12.4. The molecule has 0 unspecified atom stereocenters. The van der Waals surface area contributed by atoms with Gasteiger partial charge in [-0.2, -0.15) is 0 Å². The fourth-order valence-corrected chi connectivity index (χ4v) is 3.52. The molecule has 0 aromatic heterocycles. The number of hydrogen-bond acceptors (Lipinski definition) is 6. The lowest BCUT2D eigenvalue weighted by Crippen LogP contribution is -2.39. The molecule has 1 aliphatic rings. The van der Waals surface area contributed by atoms with Crippen molar-refractivity contribution in [3.05, 3.63) is 27.1 Å². The second-order valence-electron chi connectivity index (χ2n) is 5.52. The van der Waals surface area contributed by atoms with Crippen LogP contribution in [0.3, 0.4) is 0 Å². The molecule has 7 nitrogen and oxygen atoms in total. The molecule has 0 atom stereocenters. The second kappa shape index (κ2) is 9.09. The van der Waals surface area contributed by atoms with Crippen molar-refractivity contribution in [2.75, 3.05) is 20.2 Å². The van der Waals surface area contributed by atoms with Gasteiger partial charge in [-0.1, -0.05) is 13.3 Å². The van der Waals surface area contributed by atoms with Crippen LogP contribution in [0.5, 0.6) is 11.5 Å². The summed E-state index contributed by atoms with van der Waals surface area (Å²) in [5.41, 5.74) is 0.574. The maximum atomic E-state index is 12.4. The van der Waals surface area contributed by atoms with Crippen molar-refractivity contribution in [3.8, 4) is 11.5 Å². The van der Waals surface area contributed by atoms with Crippen molar-refractivity contribution in [2.45, 2.75) is 19.8 Å². The lowest BCUT2D eigenvalue weighted by atomic mass is 10.2. The van der Waals surface area contributed by atoms with Crippen LogP contribution >= 0.6 is 27.7 Å². The minimum atomic E-state index is -0.520. The number of amides is 3. The molecule has 0 saturated carbocycles. The summed E-state index contributed by atoms with van der Waals surface area (Å²) >= 11 is 3.98. The molecule has 1 aromatic rings. The molecular weight excluding hydrogens is 424 g/mol. The summed E-state index contributed by atoms with van der Waals surface area (Å²) in [6.45, 7) is 2.22. The van der Waals surface area contributed by atoms with Crippen LogP contribution in [0.25, 0.3) is 6.08 Å². The van der Waals surface area contributed by atoms with Crippen LogP contribution in [0.15, 0.2) is 21.5 Å². The van der Waals surface area contributed by atoms with E-state index >= 15 is 0 Å². The molecule has 0 bridgehead atoms. The first-order chi connectivity index (χ1) is 12.4. The van der Waals surface area contributed by atoms with Crippen molar-refractivity contribution in [1.29, 1.82) is 0 Å². The van der Waals surface area contributed by atoms with Crippen molar-refractivity contribution in [1.82, 2.24) is 10.2 Å². The number of halogens is 1. The van der Waals surface area contributed by atoms with Crippen LogP contribution in [0.1, 0.15) is 25.3 Å². The van der Waals surface area contributed by atoms with Crippen molar-refractivity contribution in [2.24, 2.45) is 0 Å². The van der Waals surface area contributed by atoms with Gasteiger partial charge in [0.15, 0.2) is 11.5 Å². The number of methoxy groups -OCH3 is 1. The largest absolute Gasteiger partial charge is 0.503 e. The van der Waals surface area contributed by atoms with E-state index in [-0.39, 0.29) is 28.9 Å². The average molecular weight is 443 g/mol. The lowest BCUT2D eigenvalue weighted by molar-refractivity contribution is -0.129. The van der Waals surface area contributed by atoms with Crippen molar-refractivity contribution in [3.63, 3.8) is 0 Å². The third-order valence-corrected chi connectivity index (χ3v) is 5.11. The second-order valence-corrected chi connectivity index (χ2v) is 7.37. The number of hydrogen-bond donors (Lipinski definition) is 2. The van der Waals surface area contributed by atoms with E-state index in [9.17, 15) is 19.5 Å². The Kier molecular flexibility index (Phi) is 7.10. The van der Waals surface area contributed by atoms with Gasteiger partial charge in [0.1, 0.15) is 6.54 Å². The molecule has 1 aromatic carbocycles. The third-order valence-electron chi connectivity index (χ3n) is 3.60. The van der Waals surface area contributed by atoms with E-state index in [1.807, 2.05) is 6.92 Å². The monoisotopic (exact) mass is 442 g/mol. The predicted octanol–water partition coefficient (Wildman–Crippen LogP) is 3.12. The Morgan fingerprint density at radius 3 is 2.81 bits per heavy atom. The first kappa shape index (κ1) is 20.3. The number of nitrogens with one attached hydrogen (secondary N) is 1. The minimum absolute atomic E-state index is 0.0542. The number of phenolic OH excluding ortho intramolecular Hbond substituents is 1. The number of benzene rings is 1. The van der Waals surface area contributed by atoms with Crippen LogP contribution < -0.4 is 10.1 Å². The molecule has 140 valence electrons. The molecule has 0 aliphatic carbocycles. The smallest absolute Gasteiger partial charge is 0.294 e. The van der Waals surface area contributed by atoms with Crippen molar-refractivity contribution >= 4 is 50.8 Å². The Morgan fingerprint density at radius 1 is 1.42 bits per heavy atom. The average Bonchev–Trinajstić information content (AvgIpc) is 2.85. The molecule has 9 heteroatoms. The zero-order chi connectivity index (χ0) is 19.3. The molecule has 0 radical (unpaired) electrons. The fourth-order valence-electron chi connectivity index (χ4n) is 2.22. The highest BCUT2D eigenvalue weighted by molar-refractivity contribution is 9.10. The number of unbranched alkanes of at least 4 members (excludes halogenated alkanes) is 1. The Bertz CT molecular complexity index is 766. The fraction of sp³-hybridized carbons (Fsp3) is 0.353. The molecule has 2 rings (SSSR count). The molecule has 0 spiro atoms. The molecular formula is C17H19BrN2O5S. The summed E-state index contributed by atoms with van der Waals surface area (Å²) < 4.78 is 5.47. The van der Waals surface area contributed by atoms with Gasteiger partial charge in [-0.15, -0.1) is 0 Å². The number of thioether (sulfide) groups is 1. The predicted molar refractivity (Wildman–Crippen MR) is 103 cm³/mol. The van der Waals surface area contributed by atoms with E-state index in [1.165, 1.54) is 13.2 Å². The molecule has 2 N–H and O–H groups in total. The van der Waals surface area contributed by atoms with Gasteiger partial charge in [0, 0.05) is 6.54 Å². The van der Waals surface area contributed by atoms with Crippen LogP contribution in [-0.2, 0) is 9.59 Å². The summed E-state index contributed by atoms with van der Waals surface area (Å²) in [6, 6.07) is 3.15. The maximum Gasteiger partial charge on any atom is 0.294 e. The van der Waals surface area contributed by atoms with Gasteiger partial charge in [-0.25, -0.2) is 0 Å². The minimum Gasteiger partial charge on any atom is -0.503 e. The van der Waals surface area contributed by atoms with E-state index in [2.05, 4.69) is 21.2 Å². The normalized spacial score (nSPS) is 15.7. The SMILES string of the molecule is CCCCNC(=O)CN1C(=O)S/C(=C\c2cc(Br)c(O)c(OC)c2)C1=O. The molecule has 1 fully saturated rings. The van der Waals surface area contributed by atoms with E-state index in [4.69, 9.17) is 4.74 Å². The van der Waals surface area contributed by atoms with Gasteiger partial charge < -0.3 is 15.2 Å². The molecule has 1 heterocycles. The van der Waals surface area contributed by atoms with Crippen LogP contribution in [0.4, 0.5) is 4.79 Å². The van der Waals surface area contributed by atoms with Gasteiger partial charge >= 0.3 is 0 Å². The molecule has 26 heavy (non-hydrogen) atoms. The summed E-state index contributed by atoms with van der Waals surface area (Å²) in [5.74, 6) is -0.702. The number of carbonyl (C=O) groups is 3. The van der Waals surface area contributed by atoms with E-state index in [0.29, 0.717) is 16.6 Å². The standard InChI is InChI=1S/C17H19BrN2O5S/c1-3-4-5-19-14(21)9-20-16(23)13(26-17(20)24)8-10-6-11(18)15(22)12(7-10)25-2/h6-8,22H,3-5,9H2,1-2H3,(H,19,21)/b13-8-. The van der Waals surface area contributed by atoms with Gasteiger partial charge in [0.2, 0.25) is 5.91 Å². The number of imide groups is 1. The third kappa shape index (κ3) is 4.79. The van der Waals surface area contributed by atoms with Gasteiger partial charge in [-0.3, -0.25) is 19.3 Å². The van der Waals surface area contributed by atoms with Gasteiger partial charge in [0.25, 0.3) is 11.1 Å². The Morgan fingerprint density at radius 2 is 2.15 bits per heavy atom. The number of ether oxygens (including phenoxy) is 1. The first-order valence-electron chi connectivity index (χ1n) is 7.96. The highest BCUT2D eigenvalue weighted by Gasteiger charge is 2.36. The Balaban J connectivity index is 2.14. The van der Waals surface area contributed by atoms with Crippen LogP contribution in [0.2, 0.25) is 0 Å². The Labute approximate surface area is 163 Å². The van der Waals surface area contributed by atoms with E-state index in [0.717, 1.165) is 29.5 Å². The Hall–Kier alpha value is -2.00. The zero-order valence-electron chi connectivity index (χ0n) is 14.4. The van der Waals surface area contributed by atoms with Crippen molar-refractivity contribution < 1.29 is 24.2 Å². The summed E-state index contributed by atoms with van der Waals surface area (Å²) in [7, 11) is 1.41. The molecule has 1 saturated heterocycles. The molecule has 1 aliphatic heterocycles. The lowest BCUT2D eigenvalue weighted by Gasteiger charge is -2.12. The van der Waals surface area contributed by atoms with E-state index < -0.39 is 11.1 Å². The summed E-state index contributed by atoms with van der Waals surface area (Å²) in [4.78, 5) is 37.5. The van der Waals surface area contributed by atoms with E-state index in [1.54, 1.807) is 12.1 Å². The zero-order valence-corrected chi connectivity index (χ0v) is 16.8. The summed E-state index contributed by atoms with van der Waals surface area (Å²) in [5, 5.41) is 12.0. The number of rotatable bonds is 7. The van der Waals surface area contributed by atoms with Crippen LogP contribution in [0, 0.1) is 0 Å². The number of carbonyl (C=O) groups excluding carboxylic acids is 3. The summed E-state index contributed by atoms with van der Waals surface area (Å²) in [6.07, 6.45) is 3.30. The quantitative estimate of drug-likeness (QED) is 0.497. The molecule has 3 amide bonds. The highest BCUT2D eigenvalue weighted by atomic mass is 79.9. The van der Waals surface area contributed by atoms with Gasteiger partial charge in [0.05, 0.1) is 16.5 Å². The number of aromatic hydroxyl groups is 1. The first-order valence-corrected chi connectivity index (χ1v) is 9.56. The number of phenols is 1. The number of nitrogens with zero attached hydrogens (tertiary/aromatic N) is 1. The highest BCUT2D eigenvalue weighted by Crippen LogP contribution is 2.38.